The van der Waals surface area contributed by atoms with Gasteiger partial charge in [-0.15, -0.1) is 0 Å². The van der Waals surface area contributed by atoms with E-state index in [1.807, 2.05) is 19.5 Å². The molecule has 1 fully saturated rings. The molecule has 0 aliphatic heterocycles. The van der Waals surface area contributed by atoms with E-state index in [2.05, 4.69) is 34.7 Å². The van der Waals surface area contributed by atoms with Crippen LogP contribution in [-0.2, 0) is 4.74 Å². The first-order valence-corrected chi connectivity index (χ1v) is 7.65. The summed E-state index contributed by atoms with van der Waals surface area (Å²) in [5.41, 5.74) is 4.00. The van der Waals surface area contributed by atoms with Gasteiger partial charge in [-0.1, -0.05) is 37.5 Å². The Morgan fingerprint density at radius 2 is 2.05 bits per heavy atom. The number of methoxy groups -OCH3 is 1. The maximum Gasteiger partial charge on any atom is 0.0885 e. The summed E-state index contributed by atoms with van der Waals surface area (Å²) in [6.07, 6.45) is 9.48. The van der Waals surface area contributed by atoms with Crippen molar-refractivity contribution in [1.29, 1.82) is 0 Å². The molecule has 3 rings (SSSR count). The monoisotopic (exact) mass is 285 g/mol. The van der Waals surface area contributed by atoms with E-state index in [1.165, 1.54) is 30.2 Å². The van der Waals surface area contributed by atoms with Gasteiger partial charge in [0.25, 0.3) is 0 Å². The maximum absolute atomic E-state index is 5.98. The molecule has 0 amide bonds. The van der Waals surface area contributed by atoms with Crippen molar-refractivity contribution in [1.82, 2.24) is 10.4 Å². The van der Waals surface area contributed by atoms with Gasteiger partial charge in [0.1, 0.15) is 0 Å². The molecule has 3 N–H and O–H groups in total. The summed E-state index contributed by atoms with van der Waals surface area (Å²) in [6.45, 7) is 0. The Morgan fingerprint density at radius 3 is 2.76 bits per heavy atom. The first-order chi connectivity index (χ1) is 10.3. The molecule has 21 heavy (non-hydrogen) atoms. The van der Waals surface area contributed by atoms with Crippen LogP contribution in [0.25, 0.3) is 10.8 Å². The fraction of sp³-hybridized carbons (Fsp3) is 0.471. The Balaban J connectivity index is 2.09. The third-order valence-electron chi connectivity index (χ3n) is 4.82. The Kier molecular flexibility index (Phi) is 4.19. The van der Waals surface area contributed by atoms with Gasteiger partial charge in [0, 0.05) is 24.9 Å². The zero-order valence-corrected chi connectivity index (χ0v) is 12.5. The Hall–Kier alpha value is -1.49. The van der Waals surface area contributed by atoms with Crippen LogP contribution in [0.15, 0.2) is 36.7 Å². The number of hydrazine groups is 1. The average molecular weight is 285 g/mol. The highest BCUT2D eigenvalue weighted by atomic mass is 16.5. The summed E-state index contributed by atoms with van der Waals surface area (Å²) in [4.78, 5) is 4.21. The minimum atomic E-state index is -0.218. The van der Waals surface area contributed by atoms with E-state index in [9.17, 15) is 0 Å². The minimum Gasteiger partial charge on any atom is -0.376 e. The lowest BCUT2D eigenvalue weighted by Gasteiger charge is -2.42. The number of rotatable bonds is 4. The molecule has 0 bridgehead atoms. The van der Waals surface area contributed by atoms with Crippen molar-refractivity contribution < 1.29 is 4.74 Å². The van der Waals surface area contributed by atoms with Crippen molar-refractivity contribution in [2.45, 2.75) is 43.7 Å². The molecule has 112 valence electrons. The topological polar surface area (TPSA) is 60.2 Å². The van der Waals surface area contributed by atoms with E-state index in [0.29, 0.717) is 0 Å². The van der Waals surface area contributed by atoms with Crippen LogP contribution in [0.4, 0.5) is 0 Å². The molecule has 0 saturated heterocycles. The third-order valence-corrected chi connectivity index (χ3v) is 4.82. The molecule has 0 radical (unpaired) electrons. The predicted octanol–water partition coefficient (Wildman–Crippen LogP) is 3.09. The number of nitrogens with two attached hydrogens (primary N) is 1. The summed E-state index contributed by atoms with van der Waals surface area (Å²) in [5.74, 6) is 5.94. The molecule has 1 aromatic carbocycles. The molecular formula is C17H23N3O. The lowest BCUT2D eigenvalue weighted by molar-refractivity contribution is -0.0685. The van der Waals surface area contributed by atoms with E-state index < -0.39 is 0 Å². The lowest BCUT2D eigenvalue weighted by Crippen LogP contribution is -2.49. The number of nitrogens with one attached hydrogen (secondary N) is 1. The highest BCUT2D eigenvalue weighted by Gasteiger charge is 2.41. The number of benzene rings is 1. The summed E-state index contributed by atoms with van der Waals surface area (Å²) in [6, 6.07) is 8.34. The van der Waals surface area contributed by atoms with Crippen LogP contribution < -0.4 is 11.3 Å². The third kappa shape index (κ3) is 2.55. The van der Waals surface area contributed by atoms with Gasteiger partial charge in [0.15, 0.2) is 0 Å². The quantitative estimate of drug-likeness (QED) is 0.669. The minimum absolute atomic E-state index is 0.00565. The van der Waals surface area contributed by atoms with Gasteiger partial charge in [-0.3, -0.25) is 16.3 Å². The zero-order valence-electron chi connectivity index (χ0n) is 12.5. The molecule has 1 saturated carbocycles. The van der Waals surface area contributed by atoms with E-state index in [1.54, 1.807) is 0 Å². The molecule has 1 heterocycles. The molecule has 1 aliphatic rings. The van der Waals surface area contributed by atoms with Gasteiger partial charge >= 0.3 is 0 Å². The van der Waals surface area contributed by atoms with Gasteiger partial charge in [-0.05, 0) is 29.9 Å². The number of hydrogen-bond donors (Lipinski definition) is 2. The van der Waals surface area contributed by atoms with E-state index in [-0.39, 0.29) is 11.6 Å². The van der Waals surface area contributed by atoms with Crippen LogP contribution >= 0.6 is 0 Å². The van der Waals surface area contributed by atoms with Gasteiger partial charge in [0.05, 0.1) is 11.6 Å². The predicted molar refractivity (Wildman–Crippen MR) is 84.6 cm³/mol. The summed E-state index contributed by atoms with van der Waals surface area (Å²) in [5, 5.41) is 2.33. The Bertz CT molecular complexity index is 603. The highest BCUT2D eigenvalue weighted by molar-refractivity contribution is 5.85. The molecule has 1 atom stereocenters. The smallest absolute Gasteiger partial charge is 0.0885 e. The number of nitrogens with zero attached hydrogens (tertiary/aromatic N) is 1. The second kappa shape index (κ2) is 6.10. The van der Waals surface area contributed by atoms with Gasteiger partial charge in [0.2, 0.25) is 0 Å². The summed E-state index contributed by atoms with van der Waals surface area (Å²) < 4.78 is 5.98. The molecule has 1 aromatic heterocycles. The maximum atomic E-state index is 5.98. The molecular weight excluding hydrogens is 262 g/mol. The molecule has 2 aromatic rings. The first-order valence-electron chi connectivity index (χ1n) is 7.65. The molecule has 0 spiro atoms. The van der Waals surface area contributed by atoms with Crippen molar-refractivity contribution >= 4 is 10.8 Å². The van der Waals surface area contributed by atoms with Crippen LogP contribution in [0, 0.1) is 0 Å². The highest BCUT2D eigenvalue weighted by Crippen LogP contribution is 2.42. The molecule has 1 unspecified atom stereocenters. The van der Waals surface area contributed by atoms with Crippen molar-refractivity contribution in [3.63, 3.8) is 0 Å². The van der Waals surface area contributed by atoms with Crippen molar-refractivity contribution in [3.8, 4) is 0 Å². The average Bonchev–Trinajstić information content (AvgIpc) is 2.56. The van der Waals surface area contributed by atoms with Crippen LogP contribution in [0.3, 0.4) is 0 Å². The van der Waals surface area contributed by atoms with Crippen LogP contribution in [0.2, 0.25) is 0 Å². The second-order valence-electron chi connectivity index (χ2n) is 5.87. The fourth-order valence-electron chi connectivity index (χ4n) is 3.69. The van der Waals surface area contributed by atoms with Gasteiger partial charge in [-0.25, -0.2) is 0 Å². The summed E-state index contributed by atoms with van der Waals surface area (Å²) in [7, 11) is 1.81. The van der Waals surface area contributed by atoms with Gasteiger partial charge in [-0.2, -0.15) is 0 Å². The van der Waals surface area contributed by atoms with Crippen LogP contribution in [0.5, 0.6) is 0 Å². The molecule has 4 heteroatoms. The van der Waals surface area contributed by atoms with E-state index in [4.69, 9.17) is 10.6 Å². The number of fused-ring (bicyclic) bond motifs is 1. The van der Waals surface area contributed by atoms with Gasteiger partial charge < -0.3 is 4.74 Å². The van der Waals surface area contributed by atoms with Crippen LogP contribution in [0.1, 0.15) is 43.7 Å². The Labute approximate surface area is 125 Å². The largest absolute Gasteiger partial charge is 0.376 e. The summed E-state index contributed by atoms with van der Waals surface area (Å²) >= 11 is 0. The lowest BCUT2D eigenvalue weighted by atomic mass is 9.76. The standard InChI is InChI=1S/C17H23N3O/c1-21-17(9-3-2-4-10-17)16(20-18)15-7-5-6-13-12-19-11-8-14(13)15/h5-8,11-12,16,20H,2-4,9-10,18H2,1H3. The van der Waals surface area contributed by atoms with E-state index in [0.717, 1.165) is 18.2 Å². The van der Waals surface area contributed by atoms with E-state index >= 15 is 0 Å². The fourth-order valence-corrected chi connectivity index (χ4v) is 3.69. The number of pyridine rings is 1. The zero-order chi connectivity index (χ0) is 14.7. The second-order valence-corrected chi connectivity index (χ2v) is 5.87. The molecule has 4 nitrogen and oxygen atoms in total. The normalized spacial score (nSPS) is 19.5. The first kappa shape index (κ1) is 14.4. The van der Waals surface area contributed by atoms with Crippen molar-refractivity contribution in [2.24, 2.45) is 5.84 Å². The SMILES string of the molecule is COC1(C(NN)c2cccc3cnccc23)CCCCC1. The Morgan fingerprint density at radius 1 is 1.24 bits per heavy atom. The van der Waals surface area contributed by atoms with Crippen molar-refractivity contribution in [3.05, 3.63) is 42.2 Å². The van der Waals surface area contributed by atoms with Crippen LogP contribution in [-0.4, -0.2) is 17.7 Å². The number of hydrogen-bond acceptors (Lipinski definition) is 4. The van der Waals surface area contributed by atoms with Crippen molar-refractivity contribution in [2.75, 3.05) is 7.11 Å². The number of aromatic nitrogens is 1. The molecule has 1 aliphatic carbocycles. The number of ether oxygens (including phenoxy) is 1.